The number of benzene rings is 2. The summed E-state index contributed by atoms with van der Waals surface area (Å²) in [5.74, 6) is 0.540. The van der Waals surface area contributed by atoms with E-state index in [0.29, 0.717) is 16.0 Å². The van der Waals surface area contributed by atoms with E-state index in [-0.39, 0.29) is 11.8 Å². The minimum Gasteiger partial charge on any atom is -0.507 e. The summed E-state index contributed by atoms with van der Waals surface area (Å²) in [5, 5.41) is 15.7. The third kappa shape index (κ3) is 2.57. The molecule has 27 heavy (non-hydrogen) atoms. The number of aromatic hydroxyl groups is 1. The van der Waals surface area contributed by atoms with Crippen LogP contribution in [0.5, 0.6) is 5.75 Å². The van der Waals surface area contributed by atoms with Gasteiger partial charge in [0.15, 0.2) is 5.65 Å². The molecule has 1 aliphatic rings. The molecule has 2 aromatic carbocycles. The third-order valence-corrected chi connectivity index (χ3v) is 5.78. The van der Waals surface area contributed by atoms with Gasteiger partial charge in [-0.2, -0.15) is 5.10 Å². The van der Waals surface area contributed by atoms with Gasteiger partial charge in [-0.25, -0.2) is 14.6 Å². The maximum atomic E-state index is 10.1. The van der Waals surface area contributed by atoms with Crippen molar-refractivity contribution in [2.45, 2.75) is 18.9 Å². The maximum absolute atomic E-state index is 10.1. The number of halogens is 1. The second-order valence-electron chi connectivity index (χ2n) is 6.75. The molecule has 0 amide bonds. The highest BCUT2D eigenvalue weighted by Gasteiger charge is 2.27. The van der Waals surface area contributed by atoms with Crippen LogP contribution in [0.2, 0.25) is 0 Å². The van der Waals surface area contributed by atoms with Crippen LogP contribution in [0.3, 0.4) is 0 Å². The van der Waals surface area contributed by atoms with Crippen LogP contribution in [0.1, 0.15) is 17.2 Å². The Hall–Kier alpha value is -2.93. The third-order valence-electron chi connectivity index (χ3n) is 5.11. The van der Waals surface area contributed by atoms with Crippen LogP contribution < -0.4 is 5.73 Å². The fourth-order valence-corrected chi connectivity index (χ4v) is 4.07. The molecule has 3 N–H and O–H groups in total. The van der Waals surface area contributed by atoms with Gasteiger partial charge < -0.3 is 10.8 Å². The van der Waals surface area contributed by atoms with E-state index >= 15 is 0 Å². The summed E-state index contributed by atoms with van der Waals surface area (Å²) in [6.45, 7) is 0. The molecule has 2 heterocycles. The Morgan fingerprint density at radius 1 is 1.07 bits per heavy atom. The highest BCUT2D eigenvalue weighted by molar-refractivity contribution is 9.10. The van der Waals surface area contributed by atoms with Gasteiger partial charge >= 0.3 is 0 Å². The zero-order valence-corrected chi connectivity index (χ0v) is 15.9. The molecule has 0 aliphatic heterocycles. The van der Waals surface area contributed by atoms with Crippen LogP contribution in [0.15, 0.2) is 53.3 Å². The summed E-state index contributed by atoms with van der Waals surface area (Å²) in [5.41, 5.74) is 11.0. The Balaban J connectivity index is 1.69. The van der Waals surface area contributed by atoms with Crippen LogP contribution in [0, 0.1) is 0 Å². The number of nitrogen functional groups attached to an aromatic ring is 1. The van der Waals surface area contributed by atoms with Crippen molar-refractivity contribution >= 4 is 32.8 Å². The molecule has 6 nitrogen and oxygen atoms in total. The molecule has 0 atom stereocenters. The molecule has 0 bridgehead atoms. The molecule has 4 aromatic rings. The Morgan fingerprint density at radius 2 is 1.81 bits per heavy atom. The molecule has 0 fully saturated rings. The largest absolute Gasteiger partial charge is 0.507 e. The second-order valence-corrected chi connectivity index (χ2v) is 7.60. The van der Waals surface area contributed by atoms with Gasteiger partial charge in [0.1, 0.15) is 23.6 Å². The number of rotatable bonds is 2. The average Bonchev–Trinajstić information content (AvgIpc) is 3.26. The fourth-order valence-electron chi connectivity index (χ4n) is 3.82. The van der Waals surface area contributed by atoms with Gasteiger partial charge in [-0.15, -0.1) is 0 Å². The molecule has 0 saturated carbocycles. The van der Waals surface area contributed by atoms with Crippen molar-refractivity contribution in [3.63, 3.8) is 0 Å². The van der Waals surface area contributed by atoms with E-state index in [4.69, 9.17) is 10.8 Å². The van der Waals surface area contributed by atoms with Gasteiger partial charge in [-0.1, -0.05) is 30.3 Å². The fraction of sp³-hybridized carbons (Fsp3) is 0.150. The summed E-state index contributed by atoms with van der Waals surface area (Å²) in [6, 6.07) is 14.0. The topological polar surface area (TPSA) is 89.8 Å². The monoisotopic (exact) mass is 421 g/mol. The van der Waals surface area contributed by atoms with Gasteiger partial charge in [-0.3, -0.25) is 0 Å². The molecule has 0 unspecified atom stereocenters. The molecule has 0 spiro atoms. The van der Waals surface area contributed by atoms with Gasteiger partial charge in [0, 0.05) is 5.56 Å². The number of aromatic nitrogens is 4. The van der Waals surface area contributed by atoms with Crippen LogP contribution >= 0.6 is 15.9 Å². The summed E-state index contributed by atoms with van der Waals surface area (Å²) in [6.07, 6.45) is 3.28. The van der Waals surface area contributed by atoms with E-state index in [2.05, 4.69) is 50.2 Å². The molecular formula is C20H16BrN5O. The van der Waals surface area contributed by atoms with Crippen molar-refractivity contribution in [1.82, 2.24) is 19.7 Å². The lowest BCUT2D eigenvalue weighted by Gasteiger charge is -2.10. The summed E-state index contributed by atoms with van der Waals surface area (Å²) in [7, 11) is 0. The lowest BCUT2D eigenvalue weighted by molar-refractivity contribution is 0.472. The van der Waals surface area contributed by atoms with E-state index in [1.54, 1.807) is 12.1 Å². The minimum atomic E-state index is 0.152. The first-order valence-corrected chi connectivity index (χ1v) is 9.45. The van der Waals surface area contributed by atoms with E-state index in [1.165, 1.54) is 17.5 Å². The first-order chi connectivity index (χ1) is 13.1. The van der Waals surface area contributed by atoms with Crippen molar-refractivity contribution in [1.29, 1.82) is 0 Å². The number of phenolic OH excluding ortho intramolecular Hbond substituents is 1. The van der Waals surface area contributed by atoms with Gasteiger partial charge in [-0.05, 0) is 52.0 Å². The van der Waals surface area contributed by atoms with Gasteiger partial charge in [0.25, 0.3) is 0 Å². The lowest BCUT2D eigenvalue weighted by atomic mass is 10.1. The first kappa shape index (κ1) is 16.3. The average molecular weight is 422 g/mol. The van der Waals surface area contributed by atoms with Crippen LogP contribution in [-0.4, -0.2) is 24.9 Å². The van der Waals surface area contributed by atoms with E-state index in [9.17, 15) is 5.11 Å². The molecule has 0 radical (unpaired) electrons. The first-order valence-electron chi connectivity index (χ1n) is 8.66. The summed E-state index contributed by atoms with van der Waals surface area (Å²) >= 11 is 3.32. The van der Waals surface area contributed by atoms with Gasteiger partial charge in [0.2, 0.25) is 0 Å². The Morgan fingerprint density at radius 3 is 2.52 bits per heavy atom. The summed E-state index contributed by atoms with van der Waals surface area (Å²) < 4.78 is 2.59. The smallest absolute Gasteiger partial charge is 0.164 e. The minimum absolute atomic E-state index is 0.152. The standard InChI is InChI=1S/C20H16BrN5O/c21-15-6-5-13(9-16(15)27)18-17-19(22)23-10-24-20(17)26(25-18)14-7-11-3-1-2-4-12(11)8-14/h1-6,9-10,14,27H,7-8H2,(H2,22,23,24). The predicted molar refractivity (Wildman–Crippen MR) is 107 cm³/mol. The molecular weight excluding hydrogens is 406 g/mol. The van der Waals surface area contributed by atoms with Crippen molar-refractivity contribution in [3.05, 3.63) is 64.4 Å². The lowest BCUT2D eigenvalue weighted by Crippen LogP contribution is -2.11. The summed E-state index contributed by atoms with van der Waals surface area (Å²) in [4.78, 5) is 8.63. The zero-order valence-electron chi connectivity index (χ0n) is 14.3. The number of hydrogen-bond donors (Lipinski definition) is 2. The molecule has 134 valence electrons. The number of nitrogens with two attached hydrogens (primary N) is 1. The highest BCUT2D eigenvalue weighted by atomic mass is 79.9. The molecule has 2 aromatic heterocycles. The van der Waals surface area contributed by atoms with Crippen LogP contribution in [-0.2, 0) is 12.8 Å². The second kappa shape index (κ2) is 6.06. The molecule has 0 saturated heterocycles. The Bertz CT molecular complexity index is 1160. The van der Waals surface area contributed by atoms with Gasteiger partial charge in [0.05, 0.1) is 15.9 Å². The quantitative estimate of drug-likeness (QED) is 0.512. The molecule has 5 rings (SSSR count). The predicted octanol–water partition coefficient (Wildman–Crippen LogP) is 3.88. The maximum Gasteiger partial charge on any atom is 0.164 e. The van der Waals surface area contributed by atoms with Crippen molar-refractivity contribution in [2.75, 3.05) is 5.73 Å². The molecule has 7 heteroatoms. The van der Waals surface area contributed by atoms with Crippen molar-refractivity contribution in [2.24, 2.45) is 0 Å². The Labute approximate surface area is 163 Å². The van der Waals surface area contributed by atoms with Crippen molar-refractivity contribution in [3.8, 4) is 17.0 Å². The SMILES string of the molecule is Nc1ncnc2c1c(-c1ccc(Br)c(O)c1)nn2C1Cc2ccccc2C1. The van der Waals surface area contributed by atoms with Crippen molar-refractivity contribution < 1.29 is 5.11 Å². The number of fused-ring (bicyclic) bond motifs is 2. The number of anilines is 1. The normalized spacial score (nSPS) is 14.0. The van der Waals surface area contributed by atoms with E-state index in [1.807, 2.05) is 10.7 Å². The van der Waals surface area contributed by atoms with E-state index < -0.39 is 0 Å². The van der Waals surface area contributed by atoms with Crippen LogP contribution in [0.25, 0.3) is 22.3 Å². The Kier molecular flexibility index (Phi) is 3.65. The molecule has 1 aliphatic carbocycles. The zero-order chi connectivity index (χ0) is 18.5. The number of phenols is 1. The van der Waals surface area contributed by atoms with Crippen LogP contribution in [0.4, 0.5) is 5.82 Å². The number of hydrogen-bond acceptors (Lipinski definition) is 5. The highest BCUT2D eigenvalue weighted by Crippen LogP contribution is 2.38. The van der Waals surface area contributed by atoms with E-state index in [0.717, 1.165) is 29.4 Å². The number of nitrogens with zero attached hydrogens (tertiary/aromatic N) is 4.